The van der Waals surface area contributed by atoms with Crippen LogP contribution in [0.4, 0.5) is 21.9 Å². The van der Waals surface area contributed by atoms with E-state index in [0.29, 0.717) is 33.9 Å². The van der Waals surface area contributed by atoms with E-state index >= 15 is 0 Å². The minimum Gasteiger partial charge on any atom is -0.491 e. The Labute approximate surface area is 214 Å². The highest BCUT2D eigenvalue weighted by atomic mass is 16.6. The van der Waals surface area contributed by atoms with Crippen molar-refractivity contribution in [3.63, 3.8) is 0 Å². The number of Topliss-reactive ketones (excluding diaryl/α,β-unsaturated/α-hetero) is 1. The number of para-hydroxylation sites is 2. The number of hydrogen-bond donors (Lipinski definition) is 4. The van der Waals surface area contributed by atoms with Crippen molar-refractivity contribution in [3.8, 4) is 5.75 Å². The molecule has 0 aromatic heterocycles. The molecule has 0 aliphatic carbocycles. The minimum atomic E-state index is -0.750. The number of anilines is 3. The molecule has 2 amide bonds. The van der Waals surface area contributed by atoms with Gasteiger partial charge in [-0.05, 0) is 67.1 Å². The third-order valence-electron chi connectivity index (χ3n) is 5.22. The number of carbonyl (C=O) groups excluding carboxylic acids is 3. The zero-order valence-electron chi connectivity index (χ0n) is 20.3. The molecule has 192 valence electrons. The van der Waals surface area contributed by atoms with Gasteiger partial charge in [0.25, 0.3) is 0 Å². The summed E-state index contributed by atoms with van der Waals surface area (Å²) in [7, 11) is 0. The standard InChI is InChI=1S/C28H29N3O6/c1-19(33)20-12-14-22(15-13-20)30-28(35)37-26(21-6-4-7-23(18-21)36-17-16-32)10-5-11-27(34)31-25-9-3-2-8-24(25)29/h2-9,11-15,18,26,32H,10,16-17,29H2,1H3,(H,30,35)(H,31,34)/b11-5+/t26-/m1/s1. The summed E-state index contributed by atoms with van der Waals surface area (Å²) in [6.45, 7) is 1.44. The zero-order valence-corrected chi connectivity index (χ0v) is 20.3. The number of aliphatic hydroxyl groups excluding tert-OH is 1. The summed E-state index contributed by atoms with van der Waals surface area (Å²) >= 11 is 0. The lowest BCUT2D eigenvalue weighted by Gasteiger charge is -2.18. The van der Waals surface area contributed by atoms with Gasteiger partial charge >= 0.3 is 6.09 Å². The van der Waals surface area contributed by atoms with E-state index in [9.17, 15) is 14.4 Å². The van der Waals surface area contributed by atoms with Crippen LogP contribution in [-0.2, 0) is 9.53 Å². The second kappa shape index (κ2) is 13.5. The summed E-state index contributed by atoms with van der Waals surface area (Å²) < 4.78 is 11.1. The highest BCUT2D eigenvalue weighted by Gasteiger charge is 2.17. The molecule has 3 aromatic carbocycles. The van der Waals surface area contributed by atoms with Crippen LogP contribution in [0.25, 0.3) is 0 Å². The number of ketones is 1. The quantitative estimate of drug-likeness (QED) is 0.169. The summed E-state index contributed by atoms with van der Waals surface area (Å²) in [5.74, 6) is 0.0385. The van der Waals surface area contributed by atoms with Crippen LogP contribution in [0.1, 0.15) is 35.4 Å². The first-order valence-electron chi connectivity index (χ1n) is 11.6. The molecular formula is C28H29N3O6. The van der Waals surface area contributed by atoms with Crippen LogP contribution >= 0.6 is 0 Å². The molecule has 0 aliphatic heterocycles. The lowest BCUT2D eigenvalue weighted by atomic mass is 10.1. The Morgan fingerprint density at radius 3 is 2.46 bits per heavy atom. The second-order valence-electron chi connectivity index (χ2n) is 8.01. The van der Waals surface area contributed by atoms with Gasteiger partial charge in [0.2, 0.25) is 5.91 Å². The largest absolute Gasteiger partial charge is 0.491 e. The van der Waals surface area contributed by atoms with E-state index < -0.39 is 12.2 Å². The van der Waals surface area contributed by atoms with Crippen LogP contribution in [0.15, 0.2) is 84.9 Å². The molecule has 0 bridgehead atoms. The molecule has 0 spiro atoms. The van der Waals surface area contributed by atoms with Crippen LogP contribution in [0.3, 0.4) is 0 Å². The van der Waals surface area contributed by atoms with Crippen molar-refractivity contribution >= 4 is 34.8 Å². The molecule has 3 aromatic rings. The van der Waals surface area contributed by atoms with Gasteiger partial charge in [-0.15, -0.1) is 0 Å². The van der Waals surface area contributed by atoms with Crippen LogP contribution in [-0.4, -0.2) is 36.1 Å². The Hall–Kier alpha value is -4.63. The van der Waals surface area contributed by atoms with E-state index in [-0.39, 0.29) is 31.3 Å². The first kappa shape index (κ1) is 27.0. The monoisotopic (exact) mass is 503 g/mol. The van der Waals surface area contributed by atoms with Gasteiger partial charge in [0.15, 0.2) is 5.78 Å². The highest BCUT2D eigenvalue weighted by molar-refractivity contribution is 6.01. The zero-order chi connectivity index (χ0) is 26.6. The van der Waals surface area contributed by atoms with Gasteiger partial charge in [0, 0.05) is 17.7 Å². The van der Waals surface area contributed by atoms with Gasteiger partial charge in [-0.3, -0.25) is 14.9 Å². The molecule has 3 rings (SSSR count). The number of nitrogens with one attached hydrogen (secondary N) is 2. The first-order valence-corrected chi connectivity index (χ1v) is 11.6. The predicted molar refractivity (Wildman–Crippen MR) is 142 cm³/mol. The lowest BCUT2D eigenvalue weighted by Crippen LogP contribution is -2.18. The van der Waals surface area contributed by atoms with Crippen molar-refractivity contribution in [1.82, 2.24) is 0 Å². The number of hydrogen-bond acceptors (Lipinski definition) is 7. The third kappa shape index (κ3) is 8.52. The fourth-order valence-corrected chi connectivity index (χ4v) is 3.37. The summed E-state index contributed by atoms with van der Waals surface area (Å²) in [6, 6.07) is 20.3. The van der Waals surface area contributed by atoms with Gasteiger partial charge in [-0.2, -0.15) is 0 Å². The first-order chi connectivity index (χ1) is 17.9. The maximum Gasteiger partial charge on any atom is 0.412 e. The fourth-order valence-electron chi connectivity index (χ4n) is 3.37. The average Bonchev–Trinajstić information content (AvgIpc) is 2.88. The Morgan fingerprint density at radius 2 is 1.76 bits per heavy atom. The van der Waals surface area contributed by atoms with Crippen molar-refractivity contribution in [3.05, 3.63) is 96.1 Å². The van der Waals surface area contributed by atoms with E-state index in [1.807, 2.05) is 0 Å². The van der Waals surface area contributed by atoms with Gasteiger partial charge in [-0.25, -0.2) is 4.79 Å². The molecule has 0 unspecified atom stereocenters. The number of nitrogen functional groups attached to an aromatic ring is 1. The third-order valence-corrected chi connectivity index (χ3v) is 5.22. The summed E-state index contributed by atoms with van der Waals surface area (Å²) in [4.78, 5) is 36.5. The molecule has 0 aliphatic rings. The van der Waals surface area contributed by atoms with Crippen molar-refractivity contribution < 1.29 is 29.0 Å². The van der Waals surface area contributed by atoms with E-state index in [1.54, 1.807) is 78.9 Å². The summed E-state index contributed by atoms with van der Waals surface area (Å²) in [5.41, 5.74) is 8.42. The molecule has 9 nitrogen and oxygen atoms in total. The maximum atomic E-state index is 12.7. The minimum absolute atomic E-state index is 0.0803. The van der Waals surface area contributed by atoms with Crippen LogP contribution in [0, 0.1) is 0 Å². The van der Waals surface area contributed by atoms with E-state index in [0.717, 1.165) is 0 Å². The molecule has 0 saturated heterocycles. The number of carbonyl (C=O) groups is 3. The smallest absolute Gasteiger partial charge is 0.412 e. The van der Waals surface area contributed by atoms with Crippen LogP contribution in [0.5, 0.6) is 5.75 Å². The van der Waals surface area contributed by atoms with E-state index in [4.69, 9.17) is 20.3 Å². The number of ether oxygens (including phenoxy) is 2. The second-order valence-corrected chi connectivity index (χ2v) is 8.01. The Balaban J connectivity index is 1.71. The number of rotatable bonds is 11. The van der Waals surface area contributed by atoms with E-state index in [2.05, 4.69) is 10.6 Å². The number of amides is 2. The Kier molecular flexibility index (Phi) is 9.81. The SMILES string of the molecule is CC(=O)c1ccc(NC(=O)O[C@H](C/C=C/C(=O)Nc2ccccc2N)c2cccc(OCCO)c2)cc1. The fraction of sp³-hybridized carbons (Fsp3) is 0.179. The molecule has 5 N–H and O–H groups in total. The number of benzene rings is 3. The van der Waals surface area contributed by atoms with Crippen LogP contribution < -0.4 is 21.1 Å². The number of aliphatic hydroxyl groups is 1. The molecule has 0 heterocycles. The van der Waals surface area contributed by atoms with Gasteiger partial charge in [0.05, 0.1) is 18.0 Å². The molecule has 0 fully saturated rings. The topological polar surface area (TPSA) is 140 Å². The maximum absolute atomic E-state index is 12.7. The van der Waals surface area contributed by atoms with E-state index in [1.165, 1.54) is 13.0 Å². The lowest BCUT2D eigenvalue weighted by molar-refractivity contribution is -0.111. The molecule has 0 radical (unpaired) electrons. The van der Waals surface area contributed by atoms with Crippen LogP contribution in [0.2, 0.25) is 0 Å². The normalized spacial score (nSPS) is 11.5. The Morgan fingerprint density at radius 1 is 1.00 bits per heavy atom. The van der Waals surface area contributed by atoms with Crippen molar-refractivity contribution in [2.75, 3.05) is 29.6 Å². The molecular weight excluding hydrogens is 474 g/mol. The van der Waals surface area contributed by atoms with Gasteiger partial charge < -0.3 is 25.6 Å². The summed E-state index contributed by atoms with van der Waals surface area (Å²) in [5, 5.41) is 14.4. The van der Waals surface area contributed by atoms with Gasteiger partial charge in [-0.1, -0.05) is 30.3 Å². The molecule has 1 atom stereocenters. The predicted octanol–water partition coefficient (Wildman–Crippen LogP) is 4.72. The summed E-state index contributed by atoms with van der Waals surface area (Å²) in [6.07, 6.45) is 1.66. The van der Waals surface area contributed by atoms with Crippen molar-refractivity contribution in [1.29, 1.82) is 0 Å². The highest BCUT2D eigenvalue weighted by Crippen LogP contribution is 2.26. The molecule has 0 saturated carbocycles. The average molecular weight is 504 g/mol. The van der Waals surface area contributed by atoms with Gasteiger partial charge in [0.1, 0.15) is 18.5 Å². The molecule has 37 heavy (non-hydrogen) atoms. The Bertz CT molecular complexity index is 1260. The van der Waals surface area contributed by atoms with Crippen molar-refractivity contribution in [2.24, 2.45) is 0 Å². The molecule has 9 heteroatoms. The van der Waals surface area contributed by atoms with Crippen molar-refractivity contribution in [2.45, 2.75) is 19.4 Å². The number of nitrogens with two attached hydrogens (primary N) is 1.